The quantitative estimate of drug-likeness (QED) is 0.922. The predicted molar refractivity (Wildman–Crippen MR) is 69.7 cm³/mol. The molecule has 0 spiro atoms. The molecule has 4 heteroatoms. The normalized spacial score (nSPS) is 25.2. The first-order valence-corrected chi connectivity index (χ1v) is 7.00. The van der Waals surface area contributed by atoms with Crippen LogP contribution in [0, 0.1) is 0 Å². The van der Waals surface area contributed by atoms with Gasteiger partial charge in [-0.2, -0.15) is 5.10 Å². The van der Waals surface area contributed by atoms with Crippen molar-refractivity contribution < 1.29 is 0 Å². The SMILES string of the molecule is CCNC1CCC(c2c(Br)cnn2CC)C1. The van der Waals surface area contributed by atoms with Gasteiger partial charge in [0, 0.05) is 18.5 Å². The molecule has 2 rings (SSSR count). The van der Waals surface area contributed by atoms with Gasteiger partial charge >= 0.3 is 0 Å². The van der Waals surface area contributed by atoms with Crippen LogP contribution < -0.4 is 5.32 Å². The van der Waals surface area contributed by atoms with E-state index >= 15 is 0 Å². The third kappa shape index (κ3) is 2.33. The topological polar surface area (TPSA) is 29.9 Å². The molecule has 0 bridgehead atoms. The Hall–Kier alpha value is -0.350. The zero-order valence-electron chi connectivity index (χ0n) is 10.0. The molecule has 2 atom stereocenters. The number of rotatable bonds is 4. The molecular weight excluding hydrogens is 266 g/mol. The highest BCUT2D eigenvalue weighted by Crippen LogP contribution is 2.37. The summed E-state index contributed by atoms with van der Waals surface area (Å²) in [5, 5.41) is 7.95. The highest BCUT2D eigenvalue weighted by molar-refractivity contribution is 9.10. The lowest BCUT2D eigenvalue weighted by Crippen LogP contribution is -2.25. The first-order valence-electron chi connectivity index (χ1n) is 6.20. The van der Waals surface area contributed by atoms with E-state index in [1.807, 2.05) is 6.20 Å². The van der Waals surface area contributed by atoms with E-state index in [2.05, 4.69) is 44.9 Å². The van der Waals surface area contributed by atoms with Crippen LogP contribution in [-0.2, 0) is 6.54 Å². The summed E-state index contributed by atoms with van der Waals surface area (Å²) < 4.78 is 3.31. The van der Waals surface area contributed by atoms with Crippen molar-refractivity contribution in [3.05, 3.63) is 16.4 Å². The van der Waals surface area contributed by atoms with Crippen LogP contribution in [-0.4, -0.2) is 22.4 Å². The molecule has 1 heterocycles. The van der Waals surface area contributed by atoms with Gasteiger partial charge in [0.05, 0.1) is 16.4 Å². The summed E-state index contributed by atoms with van der Waals surface area (Å²) in [7, 11) is 0. The fourth-order valence-electron chi connectivity index (χ4n) is 2.73. The highest BCUT2D eigenvalue weighted by Gasteiger charge is 2.28. The lowest BCUT2D eigenvalue weighted by Gasteiger charge is -2.14. The first kappa shape index (κ1) is 12.1. The van der Waals surface area contributed by atoms with E-state index in [1.54, 1.807) is 0 Å². The molecule has 0 aromatic carbocycles. The molecule has 1 saturated carbocycles. The zero-order chi connectivity index (χ0) is 11.5. The molecule has 90 valence electrons. The second-order valence-corrected chi connectivity index (χ2v) is 5.31. The smallest absolute Gasteiger partial charge is 0.0635 e. The monoisotopic (exact) mass is 285 g/mol. The van der Waals surface area contributed by atoms with Gasteiger partial charge in [-0.05, 0) is 48.7 Å². The Morgan fingerprint density at radius 3 is 3.00 bits per heavy atom. The number of nitrogens with one attached hydrogen (secondary N) is 1. The van der Waals surface area contributed by atoms with Gasteiger partial charge < -0.3 is 5.32 Å². The Morgan fingerprint density at radius 1 is 1.50 bits per heavy atom. The Balaban J connectivity index is 2.10. The molecule has 1 fully saturated rings. The van der Waals surface area contributed by atoms with Crippen LogP contribution in [0.5, 0.6) is 0 Å². The van der Waals surface area contributed by atoms with Gasteiger partial charge in [-0.1, -0.05) is 6.92 Å². The highest BCUT2D eigenvalue weighted by atomic mass is 79.9. The van der Waals surface area contributed by atoms with Crippen molar-refractivity contribution in [1.82, 2.24) is 15.1 Å². The van der Waals surface area contributed by atoms with Gasteiger partial charge in [-0.3, -0.25) is 4.68 Å². The maximum atomic E-state index is 4.40. The Kier molecular flexibility index (Phi) is 4.03. The molecule has 0 radical (unpaired) electrons. The van der Waals surface area contributed by atoms with Crippen LogP contribution in [0.15, 0.2) is 10.7 Å². The summed E-state index contributed by atoms with van der Waals surface area (Å²) in [5.74, 6) is 0.667. The van der Waals surface area contributed by atoms with Crippen molar-refractivity contribution >= 4 is 15.9 Å². The van der Waals surface area contributed by atoms with Gasteiger partial charge in [-0.15, -0.1) is 0 Å². The minimum atomic E-state index is 0.667. The van der Waals surface area contributed by atoms with Crippen LogP contribution in [0.2, 0.25) is 0 Å². The third-order valence-corrected chi connectivity index (χ3v) is 4.06. The van der Waals surface area contributed by atoms with E-state index in [9.17, 15) is 0 Å². The number of nitrogens with zero attached hydrogens (tertiary/aromatic N) is 2. The average Bonchev–Trinajstić information content (AvgIpc) is 2.85. The molecule has 16 heavy (non-hydrogen) atoms. The second kappa shape index (κ2) is 5.32. The molecule has 0 saturated heterocycles. The largest absolute Gasteiger partial charge is 0.314 e. The lowest BCUT2D eigenvalue weighted by atomic mass is 10.0. The van der Waals surface area contributed by atoms with Crippen molar-refractivity contribution in [2.45, 2.75) is 51.6 Å². The fraction of sp³-hybridized carbons (Fsp3) is 0.750. The van der Waals surface area contributed by atoms with Gasteiger partial charge in [-0.25, -0.2) is 0 Å². The van der Waals surface area contributed by atoms with E-state index in [-0.39, 0.29) is 0 Å². The van der Waals surface area contributed by atoms with Crippen molar-refractivity contribution in [1.29, 1.82) is 0 Å². The Morgan fingerprint density at radius 2 is 2.31 bits per heavy atom. The van der Waals surface area contributed by atoms with E-state index in [0.29, 0.717) is 12.0 Å². The van der Waals surface area contributed by atoms with Crippen molar-refractivity contribution in [2.75, 3.05) is 6.54 Å². The average molecular weight is 286 g/mol. The van der Waals surface area contributed by atoms with E-state index in [4.69, 9.17) is 0 Å². The molecular formula is C12H20BrN3. The summed E-state index contributed by atoms with van der Waals surface area (Å²) in [6, 6.07) is 0.696. The lowest BCUT2D eigenvalue weighted by molar-refractivity contribution is 0.519. The number of aryl methyl sites for hydroxylation is 1. The number of aromatic nitrogens is 2. The van der Waals surface area contributed by atoms with Crippen molar-refractivity contribution in [3.8, 4) is 0 Å². The summed E-state index contributed by atoms with van der Waals surface area (Å²) in [5.41, 5.74) is 1.39. The van der Waals surface area contributed by atoms with Crippen LogP contribution in [0.25, 0.3) is 0 Å². The summed E-state index contributed by atoms with van der Waals surface area (Å²) >= 11 is 3.62. The van der Waals surface area contributed by atoms with Crippen LogP contribution in [0.4, 0.5) is 0 Å². The molecule has 1 aliphatic carbocycles. The molecule has 2 unspecified atom stereocenters. The fourth-order valence-corrected chi connectivity index (χ4v) is 3.35. The molecule has 1 aromatic rings. The van der Waals surface area contributed by atoms with Crippen LogP contribution in [0.3, 0.4) is 0 Å². The Bertz CT molecular complexity index is 348. The third-order valence-electron chi connectivity index (χ3n) is 3.44. The van der Waals surface area contributed by atoms with Gasteiger partial charge in [0.15, 0.2) is 0 Å². The standard InChI is InChI=1S/C12H20BrN3/c1-3-14-10-6-5-9(7-10)12-11(13)8-15-16(12)4-2/h8-10,14H,3-7H2,1-2H3. The van der Waals surface area contributed by atoms with E-state index < -0.39 is 0 Å². The number of halogens is 1. The summed E-state index contributed by atoms with van der Waals surface area (Å²) in [6.45, 7) is 6.37. The van der Waals surface area contributed by atoms with Crippen molar-refractivity contribution in [3.63, 3.8) is 0 Å². The van der Waals surface area contributed by atoms with Crippen LogP contribution >= 0.6 is 15.9 Å². The van der Waals surface area contributed by atoms with Crippen LogP contribution in [0.1, 0.15) is 44.7 Å². The molecule has 1 N–H and O–H groups in total. The van der Waals surface area contributed by atoms with Crippen molar-refractivity contribution in [2.24, 2.45) is 0 Å². The van der Waals surface area contributed by atoms with E-state index in [0.717, 1.165) is 13.1 Å². The minimum absolute atomic E-state index is 0.667. The van der Waals surface area contributed by atoms with Gasteiger partial charge in [0.2, 0.25) is 0 Å². The predicted octanol–water partition coefficient (Wildman–Crippen LogP) is 2.91. The maximum Gasteiger partial charge on any atom is 0.0635 e. The van der Waals surface area contributed by atoms with Gasteiger partial charge in [0.25, 0.3) is 0 Å². The number of hydrogen-bond acceptors (Lipinski definition) is 2. The van der Waals surface area contributed by atoms with Gasteiger partial charge in [0.1, 0.15) is 0 Å². The summed E-state index contributed by atoms with van der Waals surface area (Å²) in [4.78, 5) is 0. The summed E-state index contributed by atoms with van der Waals surface area (Å²) in [6.07, 6.45) is 5.75. The number of hydrogen-bond donors (Lipinski definition) is 1. The molecule has 1 aliphatic rings. The zero-order valence-corrected chi connectivity index (χ0v) is 11.6. The molecule has 0 amide bonds. The molecule has 3 nitrogen and oxygen atoms in total. The first-order chi connectivity index (χ1) is 7.76. The van der Waals surface area contributed by atoms with E-state index in [1.165, 1.54) is 29.4 Å². The molecule has 1 aromatic heterocycles. The second-order valence-electron chi connectivity index (χ2n) is 4.46. The minimum Gasteiger partial charge on any atom is -0.314 e. The Labute approximate surface area is 106 Å². The molecule has 0 aliphatic heterocycles. The maximum absolute atomic E-state index is 4.40.